The number of carbonyl (C=O) groups excluding carboxylic acids is 2. The lowest BCUT2D eigenvalue weighted by molar-refractivity contribution is -0.142. The van der Waals surface area contributed by atoms with Gasteiger partial charge in [-0.2, -0.15) is 0 Å². The molecular weight excluding hydrogens is 394 g/mol. The summed E-state index contributed by atoms with van der Waals surface area (Å²) in [5, 5.41) is 1.98. The largest absolute Gasteiger partial charge is 0.497 e. The van der Waals surface area contributed by atoms with Crippen LogP contribution < -0.4 is 9.64 Å². The number of hydrogen-bond donors (Lipinski definition) is 0. The van der Waals surface area contributed by atoms with Gasteiger partial charge < -0.3 is 14.2 Å². The molecule has 0 radical (unpaired) electrons. The van der Waals surface area contributed by atoms with E-state index in [9.17, 15) is 9.59 Å². The maximum absolute atomic E-state index is 13.3. The molecule has 0 saturated carbocycles. The van der Waals surface area contributed by atoms with Crippen molar-refractivity contribution in [1.29, 1.82) is 0 Å². The molecule has 0 aliphatic carbocycles. The molecule has 1 amide bonds. The predicted molar refractivity (Wildman–Crippen MR) is 120 cm³/mol. The highest BCUT2D eigenvalue weighted by atomic mass is 16.6. The molecule has 0 N–H and O–H groups in total. The van der Waals surface area contributed by atoms with Crippen LogP contribution in [0.4, 0.5) is 10.5 Å². The number of anilines is 1. The Bertz CT molecular complexity index is 1070. The molecule has 6 nitrogen and oxygen atoms in total. The number of carbonyl (C=O) groups is 2. The summed E-state index contributed by atoms with van der Waals surface area (Å²) in [6.45, 7) is 5.33. The van der Waals surface area contributed by atoms with E-state index in [1.807, 2.05) is 42.5 Å². The van der Waals surface area contributed by atoms with Gasteiger partial charge in [-0.3, -0.25) is 4.90 Å². The van der Waals surface area contributed by atoms with Crippen LogP contribution in [-0.2, 0) is 14.3 Å². The van der Waals surface area contributed by atoms with Crippen LogP contribution >= 0.6 is 0 Å². The first-order valence-corrected chi connectivity index (χ1v) is 9.96. The molecule has 0 unspecified atom stereocenters. The summed E-state index contributed by atoms with van der Waals surface area (Å²) in [6.07, 6.45) is -0.652. The smallest absolute Gasteiger partial charge is 0.415 e. The fourth-order valence-electron chi connectivity index (χ4n) is 3.29. The summed E-state index contributed by atoms with van der Waals surface area (Å²) in [5.74, 6) is 0.0603. The lowest BCUT2D eigenvalue weighted by atomic mass is 10.00. The highest BCUT2D eigenvalue weighted by Crippen LogP contribution is 2.33. The topological polar surface area (TPSA) is 65.1 Å². The molecule has 0 saturated heterocycles. The van der Waals surface area contributed by atoms with Crippen LogP contribution in [0.5, 0.6) is 5.75 Å². The van der Waals surface area contributed by atoms with Crippen LogP contribution in [0.2, 0.25) is 0 Å². The lowest BCUT2D eigenvalue weighted by Crippen LogP contribution is -2.42. The van der Waals surface area contributed by atoms with Crippen LogP contribution in [0.3, 0.4) is 0 Å². The van der Waals surface area contributed by atoms with Crippen LogP contribution in [0, 0.1) is 0 Å². The van der Waals surface area contributed by atoms with Gasteiger partial charge in [0.25, 0.3) is 0 Å². The first-order valence-electron chi connectivity index (χ1n) is 9.96. The summed E-state index contributed by atoms with van der Waals surface area (Å²) in [5.41, 5.74) is 0.358. The van der Waals surface area contributed by atoms with Gasteiger partial charge in [0.1, 0.15) is 11.4 Å². The van der Waals surface area contributed by atoms with Gasteiger partial charge in [0.2, 0.25) is 0 Å². The average molecular weight is 421 g/mol. The Morgan fingerprint density at radius 3 is 2.10 bits per heavy atom. The van der Waals surface area contributed by atoms with Crippen molar-refractivity contribution in [1.82, 2.24) is 0 Å². The number of hydrogen-bond acceptors (Lipinski definition) is 5. The minimum absolute atomic E-state index is 0.485. The Labute approximate surface area is 182 Å². The minimum atomic E-state index is -1.03. The average Bonchev–Trinajstić information content (AvgIpc) is 2.75. The molecule has 3 aromatic carbocycles. The molecule has 162 valence electrons. The van der Waals surface area contributed by atoms with E-state index in [1.165, 1.54) is 12.0 Å². The summed E-state index contributed by atoms with van der Waals surface area (Å²) in [6, 6.07) is 19.3. The Morgan fingerprint density at radius 1 is 0.871 bits per heavy atom. The van der Waals surface area contributed by atoms with Crippen molar-refractivity contribution in [2.75, 3.05) is 19.1 Å². The number of methoxy groups -OCH3 is 2. The molecule has 0 bridgehead atoms. The third-order valence-corrected chi connectivity index (χ3v) is 4.71. The van der Waals surface area contributed by atoms with Crippen LogP contribution in [0.25, 0.3) is 10.8 Å². The lowest BCUT2D eigenvalue weighted by Gasteiger charge is -2.32. The molecule has 0 heterocycles. The zero-order valence-corrected chi connectivity index (χ0v) is 18.4. The normalized spacial score (nSPS) is 12.2. The summed E-state index contributed by atoms with van der Waals surface area (Å²) in [4.78, 5) is 27.6. The third kappa shape index (κ3) is 5.15. The van der Waals surface area contributed by atoms with Crippen molar-refractivity contribution in [2.24, 2.45) is 0 Å². The molecule has 1 atom stereocenters. The second kappa shape index (κ2) is 9.08. The molecule has 6 heteroatoms. The molecule has 3 rings (SSSR count). The number of amides is 1. The van der Waals surface area contributed by atoms with E-state index in [4.69, 9.17) is 14.2 Å². The van der Waals surface area contributed by atoms with Gasteiger partial charge >= 0.3 is 12.1 Å². The molecule has 0 aromatic heterocycles. The van der Waals surface area contributed by atoms with Gasteiger partial charge in [-0.05, 0) is 67.4 Å². The Kier molecular flexibility index (Phi) is 6.49. The van der Waals surface area contributed by atoms with Gasteiger partial charge in [-0.25, -0.2) is 9.59 Å². The zero-order chi connectivity index (χ0) is 22.6. The number of fused-ring (bicyclic) bond motifs is 1. The first-order chi connectivity index (χ1) is 14.7. The van der Waals surface area contributed by atoms with E-state index < -0.39 is 23.7 Å². The van der Waals surface area contributed by atoms with E-state index >= 15 is 0 Å². The molecule has 3 aromatic rings. The first kappa shape index (κ1) is 22.2. The fraction of sp³-hybridized carbons (Fsp3) is 0.280. The Balaban J connectivity index is 2.15. The molecule has 0 fully saturated rings. The van der Waals surface area contributed by atoms with Crippen molar-refractivity contribution in [3.63, 3.8) is 0 Å². The Hall–Kier alpha value is -3.54. The summed E-state index contributed by atoms with van der Waals surface area (Å²) >= 11 is 0. The minimum Gasteiger partial charge on any atom is -0.497 e. The molecule has 0 aliphatic rings. The van der Waals surface area contributed by atoms with E-state index in [-0.39, 0.29) is 0 Å². The van der Waals surface area contributed by atoms with Crippen molar-refractivity contribution >= 4 is 28.5 Å². The van der Waals surface area contributed by atoms with Crippen molar-refractivity contribution in [3.05, 3.63) is 72.3 Å². The number of ether oxygens (including phenoxy) is 3. The predicted octanol–water partition coefficient (Wildman–Crippen LogP) is 5.50. The number of nitrogens with zero attached hydrogens (tertiary/aromatic N) is 1. The molecule has 31 heavy (non-hydrogen) atoms. The summed E-state index contributed by atoms with van der Waals surface area (Å²) in [7, 11) is 2.87. The fourth-order valence-corrected chi connectivity index (χ4v) is 3.29. The van der Waals surface area contributed by atoms with Gasteiger partial charge in [-0.1, -0.05) is 36.4 Å². The highest BCUT2D eigenvalue weighted by Gasteiger charge is 2.36. The SMILES string of the molecule is COC(=O)[C@@H](c1ccc2ccccc2c1)N(C(=O)OC(C)(C)C)c1ccc(OC)cc1. The standard InChI is InChI=1S/C25H27NO5/c1-25(2,3)31-24(28)26(20-12-14-21(29-4)15-13-20)22(23(27)30-5)19-11-10-17-8-6-7-9-18(17)16-19/h6-16,22H,1-5H3/t22-/m1/s1. The second-order valence-corrected chi connectivity index (χ2v) is 8.08. The molecular formula is C25H27NO5. The van der Waals surface area contributed by atoms with E-state index in [0.29, 0.717) is 17.0 Å². The Morgan fingerprint density at radius 2 is 1.52 bits per heavy atom. The van der Waals surface area contributed by atoms with Crippen LogP contribution in [0.1, 0.15) is 32.4 Å². The van der Waals surface area contributed by atoms with E-state index in [1.54, 1.807) is 52.1 Å². The van der Waals surface area contributed by atoms with Crippen molar-refractivity contribution in [2.45, 2.75) is 32.4 Å². The molecule has 0 aliphatic heterocycles. The highest BCUT2D eigenvalue weighted by molar-refractivity contribution is 5.97. The summed E-state index contributed by atoms with van der Waals surface area (Å²) < 4.78 is 16.0. The zero-order valence-electron chi connectivity index (χ0n) is 18.4. The molecule has 0 spiro atoms. The van der Waals surface area contributed by atoms with Crippen molar-refractivity contribution in [3.8, 4) is 5.75 Å². The third-order valence-electron chi connectivity index (χ3n) is 4.71. The van der Waals surface area contributed by atoms with Gasteiger partial charge in [0.05, 0.1) is 14.2 Å². The van der Waals surface area contributed by atoms with Crippen LogP contribution in [0.15, 0.2) is 66.7 Å². The van der Waals surface area contributed by atoms with Gasteiger partial charge in [-0.15, -0.1) is 0 Å². The maximum atomic E-state index is 13.3. The van der Waals surface area contributed by atoms with Gasteiger partial charge in [0, 0.05) is 5.69 Å². The quantitative estimate of drug-likeness (QED) is 0.509. The van der Waals surface area contributed by atoms with Crippen LogP contribution in [-0.4, -0.2) is 31.9 Å². The number of esters is 1. The van der Waals surface area contributed by atoms with Gasteiger partial charge in [0.15, 0.2) is 6.04 Å². The van der Waals surface area contributed by atoms with E-state index in [2.05, 4.69) is 0 Å². The second-order valence-electron chi connectivity index (χ2n) is 8.08. The maximum Gasteiger partial charge on any atom is 0.415 e. The number of benzene rings is 3. The monoisotopic (exact) mass is 421 g/mol. The van der Waals surface area contributed by atoms with Crippen molar-refractivity contribution < 1.29 is 23.8 Å². The van der Waals surface area contributed by atoms with E-state index in [0.717, 1.165) is 10.8 Å². The number of rotatable bonds is 5.